The van der Waals surface area contributed by atoms with Gasteiger partial charge in [0, 0.05) is 28.6 Å². The predicted molar refractivity (Wildman–Crippen MR) is 119 cm³/mol. The molecule has 3 aromatic rings. The lowest BCUT2D eigenvalue weighted by Gasteiger charge is -2.33. The Labute approximate surface area is 188 Å². The van der Waals surface area contributed by atoms with E-state index in [1.54, 1.807) is 35.6 Å². The third-order valence-corrected chi connectivity index (χ3v) is 6.39. The minimum atomic E-state index is -1.20. The van der Waals surface area contributed by atoms with E-state index in [9.17, 15) is 14.4 Å². The number of nitrogens with zero attached hydrogens (tertiary/aromatic N) is 2. The number of nitrogens with one attached hydrogen (secondary N) is 2. The van der Waals surface area contributed by atoms with Crippen LogP contribution in [0.2, 0.25) is 0 Å². The molecule has 2 aromatic carbocycles. The number of benzene rings is 2. The number of anilines is 1. The Morgan fingerprint density at radius 3 is 2.91 bits per heavy atom. The number of aryl methyl sites for hydroxylation is 1. The van der Waals surface area contributed by atoms with E-state index in [0.717, 1.165) is 21.2 Å². The number of urea groups is 1. The van der Waals surface area contributed by atoms with E-state index in [1.807, 2.05) is 36.6 Å². The summed E-state index contributed by atoms with van der Waals surface area (Å²) in [5.74, 6) is -0.342. The van der Waals surface area contributed by atoms with Gasteiger partial charge in [0.15, 0.2) is 5.54 Å². The summed E-state index contributed by atoms with van der Waals surface area (Å²) in [5.41, 5.74) is 1.68. The van der Waals surface area contributed by atoms with Gasteiger partial charge in [0.2, 0.25) is 5.91 Å². The molecule has 2 aliphatic rings. The third-order valence-electron chi connectivity index (χ3n) is 5.62. The van der Waals surface area contributed by atoms with Crippen LogP contribution in [0.3, 0.4) is 0 Å². The molecular formula is C23H20N4O4S. The van der Waals surface area contributed by atoms with Crippen molar-refractivity contribution in [3.63, 3.8) is 0 Å². The van der Waals surface area contributed by atoms with Crippen molar-refractivity contribution in [3.05, 3.63) is 64.5 Å². The van der Waals surface area contributed by atoms with Crippen LogP contribution < -0.4 is 15.4 Å². The fourth-order valence-corrected chi connectivity index (χ4v) is 4.73. The summed E-state index contributed by atoms with van der Waals surface area (Å²) in [6.07, 6.45) is 0.307. The van der Waals surface area contributed by atoms with E-state index >= 15 is 0 Å². The van der Waals surface area contributed by atoms with Crippen molar-refractivity contribution in [2.75, 3.05) is 18.5 Å². The van der Waals surface area contributed by atoms with Gasteiger partial charge in [-0.05, 0) is 25.1 Å². The van der Waals surface area contributed by atoms with Gasteiger partial charge in [-0.3, -0.25) is 14.5 Å². The summed E-state index contributed by atoms with van der Waals surface area (Å²) in [7, 11) is 0. The smallest absolute Gasteiger partial charge is 0.325 e. The standard InChI is InChI=1S/C23H20N4O4S/c1-14-24-18(13-32-14)15-5-4-6-16(11-15)25-20(28)12-27-21(29)23(26-22(27)30)9-10-31-19-8-3-2-7-17(19)23/h2-8,11,13H,9-10,12H2,1H3,(H,25,28)(H,26,30)/t23-/m1/s1. The average molecular weight is 449 g/mol. The summed E-state index contributed by atoms with van der Waals surface area (Å²) < 4.78 is 5.63. The number of carbonyl (C=O) groups is 3. The van der Waals surface area contributed by atoms with E-state index in [4.69, 9.17) is 4.74 Å². The minimum Gasteiger partial charge on any atom is -0.493 e. The monoisotopic (exact) mass is 448 g/mol. The zero-order valence-corrected chi connectivity index (χ0v) is 18.1. The number of carbonyl (C=O) groups excluding carboxylic acids is 3. The maximum absolute atomic E-state index is 13.3. The predicted octanol–water partition coefficient (Wildman–Crippen LogP) is 3.29. The molecule has 0 aliphatic carbocycles. The van der Waals surface area contributed by atoms with Gasteiger partial charge in [-0.1, -0.05) is 30.3 Å². The molecule has 162 valence electrons. The van der Waals surface area contributed by atoms with E-state index in [1.165, 1.54) is 0 Å². The van der Waals surface area contributed by atoms with Crippen LogP contribution in [0, 0.1) is 6.92 Å². The first-order chi connectivity index (χ1) is 15.5. The number of hydrogen-bond donors (Lipinski definition) is 2. The number of fused-ring (bicyclic) bond motifs is 2. The van der Waals surface area contributed by atoms with Gasteiger partial charge in [-0.15, -0.1) is 11.3 Å². The highest BCUT2D eigenvalue weighted by Crippen LogP contribution is 2.40. The van der Waals surface area contributed by atoms with Crippen LogP contribution in [0.1, 0.15) is 17.0 Å². The Kier molecular flexibility index (Phi) is 4.90. The summed E-state index contributed by atoms with van der Waals surface area (Å²) >= 11 is 1.55. The number of para-hydroxylation sites is 1. The fraction of sp³-hybridized carbons (Fsp3) is 0.217. The van der Waals surface area contributed by atoms with Gasteiger partial charge < -0.3 is 15.4 Å². The summed E-state index contributed by atoms with van der Waals surface area (Å²) in [6, 6.07) is 13.8. The Bertz CT molecular complexity index is 1240. The molecular weight excluding hydrogens is 428 g/mol. The highest BCUT2D eigenvalue weighted by atomic mass is 32.1. The second-order valence-electron chi connectivity index (χ2n) is 7.70. The number of imide groups is 1. The summed E-state index contributed by atoms with van der Waals surface area (Å²) in [4.78, 5) is 44.1. The molecule has 0 unspecified atom stereocenters. The van der Waals surface area contributed by atoms with Gasteiger partial charge in [0.1, 0.15) is 12.3 Å². The molecule has 0 radical (unpaired) electrons. The van der Waals surface area contributed by atoms with Crippen molar-refractivity contribution in [3.8, 4) is 17.0 Å². The molecule has 1 saturated heterocycles. The van der Waals surface area contributed by atoms with E-state index in [2.05, 4.69) is 15.6 Å². The Morgan fingerprint density at radius 1 is 1.25 bits per heavy atom. The topological polar surface area (TPSA) is 101 Å². The van der Waals surface area contributed by atoms with Gasteiger partial charge in [0.25, 0.3) is 5.91 Å². The molecule has 4 amide bonds. The van der Waals surface area contributed by atoms with Crippen LogP contribution in [0.5, 0.6) is 5.75 Å². The number of rotatable bonds is 4. The van der Waals surface area contributed by atoms with E-state index < -0.39 is 23.4 Å². The molecule has 1 aromatic heterocycles. The number of hydrogen-bond acceptors (Lipinski definition) is 6. The lowest BCUT2D eigenvalue weighted by molar-refractivity contribution is -0.135. The Morgan fingerprint density at radius 2 is 2.09 bits per heavy atom. The number of thiazole rings is 1. The lowest BCUT2D eigenvalue weighted by Crippen LogP contribution is -2.48. The molecule has 5 rings (SSSR count). The highest BCUT2D eigenvalue weighted by Gasteiger charge is 2.55. The molecule has 0 saturated carbocycles. The molecule has 1 fully saturated rings. The normalized spacial score (nSPS) is 19.5. The molecule has 8 nitrogen and oxygen atoms in total. The first-order valence-electron chi connectivity index (χ1n) is 10.2. The average Bonchev–Trinajstić information content (AvgIpc) is 3.32. The second-order valence-corrected chi connectivity index (χ2v) is 8.76. The molecule has 0 bridgehead atoms. The van der Waals surface area contributed by atoms with Gasteiger partial charge in [-0.2, -0.15) is 0 Å². The van der Waals surface area contributed by atoms with Crippen molar-refractivity contribution >= 4 is 34.9 Å². The van der Waals surface area contributed by atoms with Crippen molar-refractivity contribution in [1.82, 2.24) is 15.2 Å². The number of aromatic nitrogens is 1. The molecule has 9 heteroatoms. The van der Waals surface area contributed by atoms with E-state index in [0.29, 0.717) is 30.0 Å². The van der Waals surface area contributed by atoms with Crippen LogP contribution in [0.15, 0.2) is 53.9 Å². The molecule has 1 spiro atoms. The van der Waals surface area contributed by atoms with Crippen molar-refractivity contribution in [1.29, 1.82) is 0 Å². The van der Waals surface area contributed by atoms with E-state index in [-0.39, 0.29) is 6.54 Å². The second kappa shape index (κ2) is 7.76. The number of amides is 4. The third kappa shape index (κ3) is 3.40. The van der Waals surface area contributed by atoms with Crippen molar-refractivity contribution < 1.29 is 19.1 Å². The molecule has 2 aliphatic heterocycles. The highest BCUT2D eigenvalue weighted by molar-refractivity contribution is 7.09. The van der Waals surface area contributed by atoms with Crippen LogP contribution >= 0.6 is 11.3 Å². The van der Waals surface area contributed by atoms with Gasteiger partial charge >= 0.3 is 6.03 Å². The SMILES string of the molecule is Cc1nc(-c2cccc(NC(=O)CN3C(=O)N[C@@]4(CCOc5ccccc54)C3=O)c2)cs1. The lowest BCUT2D eigenvalue weighted by atomic mass is 9.84. The zero-order chi connectivity index (χ0) is 22.3. The molecule has 3 heterocycles. The first-order valence-corrected chi connectivity index (χ1v) is 11.0. The summed E-state index contributed by atoms with van der Waals surface area (Å²) in [5, 5.41) is 8.48. The number of ether oxygens (including phenoxy) is 1. The maximum Gasteiger partial charge on any atom is 0.325 e. The Balaban J connectivity index is 1.33. The first kappa shape index (κ1) is 20.2. The fourth-order valence-electron chi connectivity index (χ4n) is 4.11. The summed E-state index contributed by atoms with van der Waals surface area (Å²) in [6.45, 7) is 1.85. The van der Waals surface area contributed by atoms with Gasteiger partial charge in [-0.25, -0.2) is 9.78 Å². The van der Waals surface area contributed by atoms with Crippen molar-refractivity contribution in [2.45, 2.75) is 18.9 Å². The van der Waals surface area contributed by atoms with Crippen molar-refractivity contribution in [2.24, 2.45) is 0 Å². The molecule has 32 heavy (non-hydrogen) atoms. The van der Waals surface area contributed by atoms with Crippen LogP contribution in [0.4, 0.5) is 10.5 Å². The quantitative estimate of drug-likeness (QED) is 0.597. The molecule has 2 N–H and O–H groups in total. The van der Waals surface area contributed by atoms with Crippen LogP contribution in [0.25, 0.3) is 11.3 Å². The Hall–Kier alpha value is -3.72. The largest absolute Gasteiger partial charge is 0.493 e. The zero-order valence-electron chi connectivity index (χ0n) is 17.3. The van der Waals surface area contributed by atoms with Crippen LogP contribution in [-0.4, -0.2) is 40.9 Å². The molecule has 1 atom stereocenters. The maximum atomic E-state index is 13.3. The minimum absolute atomic E-state index is 0.298. The van der Waals surface area contributed by atoms with Crippen LogP contribution in [-0.2, 0) is 15.1 Å². The van der Waals surface area contributed by atoms with Gasteiger partial charge in [0.05, 0.1) is 17.3 Å².